The zero-order valence-corrected chi connectivity index (χ0v) is 14.4. The maximum atomic E-state index is 10.9. The lowest BCUT2D eigenvalue weighted by atomic mass is 10.1. The first-order valence-electron chi connectivity index (χ1n) is 8.28. The number of nitro groups is 1. The van der Waals surface area contributed by atoms with Gasteiger partial charge in [0.2, 0.25) is 0 Å². The van der Waals surface area contributed by atoms with Gasteiger partial charge in [-0.1, -0.05) is 29.5 Å². The van der Waals surface area contributed by atoms with Gasteiger partial charge in [-0.25, -0.2) is 4.98 Å². The Labute approximate surface area is 149 Å². The molecule has 1 saturated heterocycles. The van der Waals surface area contributed by atoms with E-state index in [0.717, 1.165) is 41.4 Å². The first kappa shape index (κ1) is 15.8. The van der Waals surface area contributed by atoms with Crippen LogP contribution in [0.3, 0.4) is 0 Å². The molecule has 0 radical (unpaired) electrons. The molecular weight excluding hydrogens is 336 g/mol. The summed E-state index contributed by atoms with van der Waals surface area (Å²) in [6.07, 6.45) is 1.15. The average molecular weight is 354 g/mol. The number of hydrogen-bond donors (Lipinski definition) is 1. The van der Waals surface area contributed by atoms with Crippen molar-refractivity contribution in [2.24, 2.45) is 5.92 Å². The molecular formula is C18H18N4O2S. The predicted octanol–water partition coefficient (Wildman–Crippen LogP) is 4.14. The van der Waals surface area contributed by atoms with Crippen LogP contribution in [0, 0.1) is 16.0 Å². The van der Waals surface area contributed by atoms with Gasteiger partial charge in [0.25, 0.3) is 5.69 Å². The normalized spacial score (nSPS) is 17.1. The van der Waals surface area contributed by atoms with Gasteiger partial charge in [0.1, 0.15) is 0 Å². The number of hydrogen-bond acceptors (Lipinski definition) is 6. The summed E-state index contributed by atoms with van der Waals surface area (Å²) in [6, 6.07) is 15.3. The minimum absolute atomic E-state index is 0.108. The molecule has 25 heavy (non-hydrogen) atoms. The molecule has 1 N–H and O–H groups in total. The maximum Gasteiger partial charge on any atom is 0.270 e. The van der Waals surface area contributed by atoms with Crippen molar-refractivity contribution in [2.45, 2.75) is 6.42 Å². The summed E-state index contributed by atoms with van der Waals surface area (Å²) < 4.78 is 0.842. The summed E-state index contributed by atoms with van der Waals surface area (Å²) >= 11 is 1.47. The number of rotatable bonds is 5. The van der Waals surface area contributed by atoms with Gasteiger partial charge >= 0.3 is 0 Å². The molecule has 1 fully saturated rings. The van der Waals surface area contributed by atoms with Crippen LogP contribution in [-0.4, -0.2) is 29.5 Å². The lowest BCUT2D eigenvalue weighted by Gasteiger charge is -2.18. The number of anilines is 2. The van der Waals surface area contributed by atoms with Gasteiger partial charge < -0.3 is 10.2 Å². The van der Waals surface area contributed by atoms with Crippen LogP contribution in [0.5, 0.6) is 0 Å². The van der Waals surface area contributed by atoms with E-state index in [1.165, 1.54) is 23.1 Å². The molecule has 4 rings (SSSR count). The molecule has 3 aromatic rings. The number of fused-ring (bicyclic) bond motifs is 1. The Morgan fingerprint density at radius 2 is 2.12 bits per heavy atom. The molecule has 0 bridgehead atoms. The number of aromatic nitrogens is 1. The lowest BCUT2D eigenvalue weighted by molar-refractivity contribution is -0.384. The average Bonchev–Trinajstić information content (AvgIpc) is 3.26. The van der Waals surface area contributed by atoms with Crippen LogP contribution in [0.25, 0.3) is 10.2 Å². The second-order valence-corrected chi connectivity index (χ2v) is 7.28. The highest BCUT2D eigenvalue weighted by molar-refractivity contribution is 7.22. The number of nitrogens with zero attached hydrogens (tertiary/aromatic N) is 3. The van der Waals surface area contributed by atoms with Crippen LogP contribution in [0.4, 0.5) is 16.5 Å². The Morgan fingerprint density at radius 1 is 1.28 bits per heavy atom. The van der Waals surface area contributed by atoms with Gasteiger partial charge in [0, 0.05) is 37.5 Å². The topological polar surface area (TPSA) is 71.3 Å². The summed E-state index contributed by atoms with van der Waals surface area (Å²) in [5.41, 5.74) is 2.18. The van der Waals surface area contributed by atoms with Crippen molar-refractivity contribution in [3.63, 3.8) is 0 Å². The van der Waals surface area contributed by atoms with Gasteiger partial charge in [-0.2, -0.15) is 0 Å². The first-order chi connectivity index (χ1) is 12.2. The molecule has 1 aromatic heterocycles. The standard InChI is InChI=1S/C18H18N4O2S/c23-22(24)15-6-7-16-17(10-15)25-18(20-16)19-11-13-8-9-21(12-13)14-4-2-1-3-5-14/h1-7,10,13H,8-9,11-12H2,(H,19,20). The van der Waals surface area contributed by atoms with Crippen molar-refractivity contribution >= 4 is 38.1 Å². The molecule has 7 heteroatoms. The Morgan fingerprint density at radius 3 is 2.92 bits per heavy atom. The molecule has 0 aliphatic carbocycles. The summed E-state index contributed by atoms with van der Waals surface area (Å²) in [5.74, 6) is 0.571. The van der Waals surface area contributed by atoms with Crippen molar-refractivity contribution in [3.05, 3.63) is 58.6 Å². The summed E-state index contributed by atoms with van der Waals surface area (Å²) in [6.45, 7) is 2.97. The molecule has 2 heterocycles. The van der Waals surface area contributed by atoms with Gasteiger partial charge in [0.05, 0.1) is 15.1 Å². The van der Waals surface area contributed by atoms with Crippen LogP contribution in [-0.2, 0) is 0 Å². The molecule has 0 saturated carbocycles. The predicted molar refractivity (Wildman–Crippen MR) is 102 cm³/mol. The lowest BCUT2D eigenvalue weighted by Crippen LogP contribution is -2.22. The van der Waals surface area contributed by atoms with Gasteiger partial charge in [-0.05, 0) is 30.5 Å². The van der Waals surface area contributed by atoms with Gasteiger partial charge in [-0.15, -0.1) is 0 Å². The highest BCUT2D eigenvalue weighted by Crippen LogP contribution is 2.30. The van der Waals surface area contributed by atoms with Gasteiger partial charge in [0.15, 0.2) is 5.13 Å². The van der Waals surface area contributed by atoms with E-state index in [4.69, 9.17) is 0 Å². The summed E-state index contributed by atoms with van der Waals surface area (Å²) in [5, 5.41) is 15.1. The smallest absolute Gasteiger partial charge is 0.270 e. The molecule has 128 valence electrons. The number of non-ortho nitro benzene ring substituents is 1. The number of nitrogens with one attached hydrogen (secondary N) is 1. The van der Waals surface area contributed by atoms with E-state index in [9.17, 15) is 10.1 Å². The maximum absolute atomic E-state index is 10.9. The van der Waals surface area contributed by atoms with Gasteiger partial charge in [-0.3, -0.25) is 10.1 Å². The molecule has 2 aromatic carbocycles. The van der Waals surface area contributed by atoms with E-state index >= 15 is 0 Å². The first-order valence-corrected chi connectivity index (χ1v) is 9.09. The zero-order valence-electron chi connectivity index (χ0n) is 13.6. The second-order valence-electron chi connectivity index (χ2n) is 6.25. The highest BCUT2D eigenvalue weighted by atomic mass is 32.1. The quantitative estimate of drug-likeness (QED) is 0.551. The molecule has 1 atom stereocenters. The van der Waals surface area contributed by atoms with Crippen LogP contribution >= 0.6 is 11.3 Å². The van der Waals surface area contributed by atoms with Crippen molar-refractivity contribution < 1.29 is 4.92 Å². The summed E-state index contributed by atoms with van der Waals surface area (Å²) in [7, 11) is 0. The van der Waals surface area contributed by atoms with E-state index in [1.54, 1.807) is 12.1 Å². The number of benzene rings is 2. The minimum Gasteiger partial charge on any atom is -0.371 e. The molecule has 0 spiro atoms. The fourth-order valence-corrected chi connectivity index (χ4v) is 4.11. The Kier molecular flexibility index (Phi) is 4.23. The highest BCUT2D eigenvalue weighted by Gasteiger charge is 2.22. The van der Waals surface area contributed by atoms with E-state index < -0.39 is 0 Å². The second kappa shape index (κ2) is 6.68. The Hall–Kier alpha value is -2.67. The molecule has 1 unspecified atom stereocenters. The fraction of sp³-hybridized carbons (Fsp3) is 0.278. The van der Waals surface area contributed by atoms with E-state index in [1.807, 2.05) is 6.07 Å². The van der Waals surface area contributed by atoms with Crippen molar-refractivity contribution in [1.29, 1.82) is 0 Å². The number of thiazole rings is 1. The monoisotopic (exact) mass is 354 g/mol. The molecule has 1 aliphatic heterocycles. The Bertz CT molecular complexity index is 896. The minimum atomic E-state index is -0.372. The Balaban J connectivity index is 1.39. The van der Waals surface area contributed by atoms with E-state index in [2.05, 4.69) is 39.5 Å². The summed E-state index contributed by atoms with van der Waals surface area (Å²) in [4.78, 5) is 17.4. The number of nitro benzene ring substituents is 1. The molecule has 1 aliphatic rings. The fourth-order valence-electron chi connectivity index (χ4n) is 3.21. The largest absolute Gasteiger partial charge is 0.371 e. The van der Waals surface area contributed by atoms with Crippen LogP contribution in [0.1, 0.15) is 6.42 Å². The van der Waals surface area contributed by atoms with Crippen molar-refractivity contribution in [1.82, 2.24) is 4.98 Å². The van der Waals surface area contributed by atoms with E-state index in [-0.39, 0.29) is 10.6 Å². The third kappa shape index (κ3) is 3.41. The van der Waals surface area contributed by atoms with E-state index in [0.29, 0.717) is 5.92 Å². The van der Waals surface area contributed by atoms with Crippen LogP contribution in [0.2, 0.25) is 0 Å². The molecule has 0 amide bonds. The SMILES string of the molecule is O=[N+]([O-])c1ccc2nc(NCC3CCN(c4ccccc4)C3)sc2c1. The van der Waals surface area contributed by atoms with Crippen molar-refractivity contribution in [2.75, 3.05) is 29.9 Å². The zero-order chi connectivity index (χ0) is 17.2. The third-order valence-electron chi connectivity index (χ3n) is 4.53. The number of para-hydroxylation sites is 1. The molecule has 6 nitrogen and oxygen atoms in total. The third-order valence-corrected chi connectivity index (χ3v) is 5.51. The van der Waals surface area contributed by atoms with Crippen LogP contribution < -0.4 is 10.2 Å². The van der Waals surface area contributed by atoms with Crippen molar-refractivity contribution in [3.8, 4) is 0 Å². The van der Waals surface area contributed by atoms with Crippen LogP contribution in [0.15, 0.2) is 48.5 Å².